The predicted molar refractivity (Wildman–Crippen MR) is 50.3 cm³/mol. The number of phenolic OH excluding ortho intramolecular Hbond substituents is 1. The summed E-state index contributed by atoms with van der Waals surface area (Å²) in [6.07, 6.45) is 0. The van der Waals surface area contributed by atoms with E-state index in [1.165, 1.54) is 6.92 Å². The Morgan fingerprint density at radius 2 is 2.15 bits per heavy atom. The molecule has 0 bridgehead atoms. The van der Waals surface area contributed by atoms with Crippen molar-refractivity contribution < 1.29 is 9.90 Å². The minimum Gasteiger partial charge on any atom is -0.508 e. The molecule has 0 aliphatic heterocycles. The summed E-state index contributed by atoms with van der Waals surface area (Å²) in [5.41, 5.74) is 6.52. The zero-order valence-electron chi connectivity index (χ0n) is 7.59. The number of carbonyl (C=O) groups is 1. The molecule has 0 aromatic heterocycles. The Labute approximate surface area is 76.6 Å². The average molecular weight is 180 g/mol. The van der Waals surface area contributed by atoms with Crippen LogP contribution in [0.25, 0.3) is 0 Å². The Balaban J connectivity index is 2.77. The van der Waals surface area contributed by atoms with Crippen LogP contribution < -0.4 is 10.9 Å². The molecule has 0 heterocycles. The molecule has 0 unspecified atom stereocenters. The van der Waals surface area contributed by atoms with Gasteiger partial charge in [0, 0.05) is 12.5 Å². The first kappa shape index (κ1) is 9.38. The van der Waals surface area contributed by atoms with Crippen molar-refractivity contribution in [2.75, 3.05) is 5.43 Å². The van der Waals surface area contributed by atoms with Gasteiger partial charge in [-0.05, 0) is 19.1 Å². The summed E-state index contributed by atoms with van der Waals surface area (Å²) >= 11 is 0. The molecule has 0 atom stereocenters. The lowest BCUT2D eigenvalue weighted by Gasteiger charge is -2.09. The fraction of sp³-hybridized carbons (Fsp3) is 0.222. The monoisotopic (exact) mass is 180 g/mol. The van der Waals surface area contributed by atoms with E-state index < -0.39 is 0 Å². The molecule has 70 valence electrons. The maximum atomic E-state index is 10.6. The van der Waals surface area contributed by atoms with E-state index in [9.17, 15) is 9.90 Å². The van der Waals surface area contributed by atoms with E-state index in [1.54, 1.807) is 25.1 Å². The maximum Gasteiger partial charge on any atom is 0.235 e. The molecule has 0 spiro atoms. The fourth-order valence-corrected chi connectivity index (χ4v) is 0.914. The van der Waals surface area contributed by atoms with Crippen molar-refractivity contribution in [3.05, 3.63) is 23.8 Å². The predicted octanol–water partition coefficient (Wildman–Crippen LogP) is 1.16. The van der Waals surface area contributed by atoms with Crippen LogP contribution in [0.5, 0.6) is 5.75 Å². The Bertz CT molecular complexity index is 323. The lowest BCUT2D eigenvalue weighted by atomic mass is 10.2. The van der Waals surface area contributed by atoms with Gasteiger partial charge >= 0.3 is 0 Å². The van der Waals surface area contributed by atoms with Crippen molar-refractivity contribution in [1.29, 1.82) is 0 Å². The quantitative estimate of drug-likeness (QED) is 0.598. The number of hydrazine groups is 1. The van der Waals surface area contributed by atoms with Gasteiger partial charge in [0.2, 0.25) is 5.91 Å². The Kier molecular flexibility index (Phi) is 2.74. The SMILES string of the molecule is CC(=O)NNc1cccc(O)c1C. The summed E-state index contributed by atoms with van der Waals surface area (Å²) in [5.74, 6) is 0.0260. The molecule has 1 aromatic carbocycles. The second kappa shape index (κ2) is 3.80. The third kappa shape index (κ3) is 2.37. The minimum atomic E-state index is -0.178. The maximum absolute atomic E-state index is 10.6. The average Bonchev–Trinajstić information content (AvgIpc) is 2.07. The van der Waals surface area contributed by atoms with Crippen LogP contribution in [0, 0.1) is 6.92 Å². The van der Waals surface area contributed by atoms with Crippen LogP contribution in [-0.2, 0) is 4.79 Å². The number of amides is 1. The van der Waals surface area contributed by atoms with Crippen LogP contribution >= 0.6 is 0 Å². The molecular weight excluding hydrogens is 168 g/mol. The number of rotatable bonds is 2. The molecule has 1 amide bonds. The molecule has 0 fully saturated rings. The number of anilines is 1. The van der Waals surface area contributed by atoms with Gasteiger partial charge in [-0.15, -0.1) is 0 Å². The highest BCUT2D eigenvalue weighted by atomic mass is 16.3. The van der Waals surface area contributed by atoms with Gasteiger partial charge < -0.3 is 5.11 Å². The van der Waals surface area contributed by atoms with Gasteiger partial charge in [-0.3, -0.25) is 15.6 Å². The van der Waals surface area contributed by atoms with Gasteiger partial charge in [-0.2, -0.15) is 0 Å². The van der Waals surface area contributed by atoms with Crippen LogP contribution in [0.15, 0.2) is 18.2 Å². The standard InChI is InChI=1S/C9H12N2O2/c1-6-8(11-10-7(2)12)4-3-5-9(6)13/h3-5,11,13H,1-2H3,(H,10,12). The van der Waals surface area contributed by atoms with E-state index >= 15 is 0 Å². The highest BCUT2D eigenvalue weighted by Crippen LogP contribution is 2.22. The molecule has 4 heteroatoms. The summed E-state index contributed by atoms with van der Waals surface area (Å²) in [6.45, 7) is 3.17. The van der Waals surface area contributed by atoms with Crippen molar-refractivity contribution in [2.45, 2.75) is 13.8 Å². The molecule has 4 nitrogen and oxygen atoms in total. The van der Waals surface area contributed by atoms with Crippen molar-refractivity contribution in [3.63, 3.8) is 0 Å². The van der Waals surface area contributed by atoms with Crippen molar-refractivity contribution in [2.24, 2.45) is 0 Å². The summed E-state index contributed by atoms with van der Waals surface area (Å²) in [4.78, 5) is 10.6. The highest BCUT2D eigenvalue weighted by Gasteiger charge is 2.01. The number of benzene rings is 1. The number of hydrogen-bond donors (Lipinski definition) is 3. The first-order valence-electron chi connectivity index (χ1n) is 3.92. The topological polar surface area (TPSA) is 61.4 Å². The molecule has 0 saturated heterocycles. The van der Waals surface area contributed by atoms with Crippen LogP contribution in [0.3, 0.4) is 0 Å². The number of hydrogen-bond acceptors (Lipinski definition) is 3. The van der Waals surface area contributed by atoms with Gasteiger partial charge in [0.15, 0.2) is 0 Å². The summed E-state index contributed by atoms with van der Waals surface area (Å²) in [6, 6.07) is 5.06. The number of phenols is 1. The zero-order chi connectivity index (χ0) is 9.84. The molecular formula is C9H12N2O2. The van der Waals surface area contributed by atoms with Crippen molar-refractivity contribution in [3.8, 4) is 5.75 Å². The van der Waals surface area contributed by atoms with E-state index in [4.69, 9.17) is 0 Å². The van der Waals surface area contributed by atoms with Crippen LogP contribution in [-0.4, -0.2) is 11.0 Å². The zero-order valence-corrected chi connectivity index (χ0v) is 7.59. The summed E-state index contributed by atoms with van der Waals surface area (Å²) < 4.78 is 0. The van der Waals surface area contributed by atoms with E-state index in [0.29, 0.717) is 11.3 Å². The molecule has 1 aromatic rings. The van der Waals surface area contributed by atoms with E-state index in [2.05, 4.69) is 10.9 Å². The first-order valence-corrected chi connectivity index (χ1v) is 3.92. The third-order valence-electron chi connectivity index (χ3n) is 1.68. The summed E-state index contributed by atoms with van der Waals surface area (Å²) in [5, 5.41) is 9.31. The second-order valence-electron chi connectivity index (χ2n) is 2.76. The largest absolute Gasteiger partial charge is 0.508 e. The van der Waals surface area contributed by atoms with E-state index in [-0.39, 0.29) is 11.7 Å². The van der Waals surface area contributed by atoms with Crippen LogP contribution in [0.4, 0.5) is 5.69 Å². The first-order chi connectivity index (χ1) is 6.11. The number of nitrogens with one attached hydrogen (secondary N) is 2. The lowest BCUT2D eigenvalue weighted by molar-refractivity contribution is -0.118. The van der Waals surface area contributed by atoms with Gasteiger partial charge in [0.1, 0.15) is 5.75 Å². The Morgan fingerprint density at radius 3 is 2.77 bits per heavy atom. The second-order valence-corrected chi connectivity index (χ2v) is 2.76. The van der Waals surface area contributed by atoms with E-state index in [1.807, 2.05) is 0 Å². The summed E-state index contributed by atoms with van der Waals surface area (Å²) in [7, 11) is 0. The van der Waals surface area contributed by atoms with Crippen molar-refractivity contribution in [1.82, 2.24) is 5.43 Å². The minimum absolute atomic E-state index is 0.178. The van der Waals surface area contributed by atoms with Gasteiger partial charge in [-0.25, -0.2) is 0 Å². The number of carbonyl (C=O) groups excluding carboxylic acids is 1. The van der Waals surface area contributed by atoms with Gasteiger partial charge in [0.05, 0.1) is 5.69 Å². The van der Waals surface area contributed by atoms with Gasteiger partial charge in [0.25, 0.3) is 0 Å². The molecule has 13 heavy (non-hydrogen) atoms. The molecule has 0 saturated carbocycles. The Morgan fingerprint density at radius 1 is 1.46 bits per heavy atom. The molecule has 3 N–H and O–H groups in total. The highest BCUT2D eigenvalue weighted by molar-refractivity contribution is 5.75. The van der Waals surface area contributed by atoms with Crippen LogP contribution in [0.1, 0.15) is 12.5 Å². The Hall–Kier alpha value is -1.71. The lowest BCUT2D eigenvalue weighted by Crippen LogP contribution is -2.26. The molecule has 0 aliphatic carbocycles. The third-order valence-corrected chi connectivity index (χ3v) is 1.68. The van der Waals surface area contributed by atoms with E-state index in [0.717, 1.165) is 0 Å². The molecule has 0 radical (unpaired) electrons. The molecule has 0 aliphatic rings. The van der Waals surface area contributed by atoms with Crippen LogP contribution in [0.2, 0.25) is 0 Å². The number of aromatic hydroxyl groups is 1. The smallest absolute Gasteiger partial charge is 0.235 e. The normalized spacial score (nSPS) is 9.38. The fourth-order valence-electron chi connectivity index (χ4n) is 0.914. The van der Waals surface area contributed by atoms with Crippen molar-refractivity contribution >= 4 is 11.6 Å². The van der Waals surface area contributed by atoms with Gasteiger partial charge in [-0.1, -0.05) is 6.07 Å². The molecule has 1 rings (SSSR count).